The minimum atomic E-state index is 0.0891. The van der Waals surface area contributed by atoms with E-state index in [-0.39, 0.29) is 18.0 Å². The number of amides is 2. The second-order valence-corrected chi connectivity index (χ2v) is 9.62. The summed E-state index contributed by atoms with van der Waals surface area (Å²) in [6, 6.07) is 8.37. The molecule has 3 aliphatic rings. The van der Waals surface area contributed by atoms with Crippen molar-refractivity contribution in [2.75, 3.05) is 14.2 Å². The van der Waals surface area contributed by atoms with Crippen LogP contribution in [0.3, 0.4) is 0 Å². The van der Waals surface area contributed by atoms with Crippen molar-refractivity contribution >= 4 is 18.0 Å². The topological polar surface area (TPSA) is 65.5 Å². The molecule has 0 aromatic heterocycles. The molecule has 2 aliphatic carbocycles. The SMILES string of the molecule is C/C=C/C(C(=O)N(C1CC1)C1CCC2=NN(C=O)C=C(C2)C1)=C(/C)N(C)Cc1ccccc1OC. The monoisotopic (exact) mass is 476 g/mol. The smallest absolute Gasteiger partial charge is 0.256 e. The summed E-state index contributed by atoms with van der Waals surface area (Å²) in [7, 11) is 3.70. The van der Waals surface area contributed by atoms with Crippen molar-refractivity contribution in [2.24, 2.45) is 5.10 Å². The third kappa shape index (κ3) is 5.66. The number of methoxy groups -OCH3 is 1. The number of nitrogens with zero attached hydrogens (tertiary/aromatic N) is 4. The van der Waals surface area contributed by atoms with Gasteiger partial charge in [0.15, 0.2) is 0 Å². The van der Waals surface area contributed by atoms with Gasteiger partial charge in [-0.2, -0.15) is 5.10 Å². The summed E-state index contributed by atoms with van der Waals surface area (Å²) in [4.78, 5) is 29.7. The van der Waals surface area contributed by atoms with Crippen LogP contribution in [0.15, 0.2) is 64.6 Å². The van der Waals surface area contributed by atoms with Gasteiger partial charge < -0.3 is 14.5 Å². The normalized spacial score (nSPS) is 20.5. The van der Waals surface area contributed by atoms with Gasteiger partial charge in [0.05, 0.1) is 12.7 Å². The maximum atomic E-state index is 14.1. The van der Waals surface area contributed by atoms with Gasteiger partial charge in [0.25, 0.3) is 5.91 Å². The average Bonchev–Trinajstić information content (AvgIpc) is 3.71. The molecule has 0 N–H and O–H groups in total. The summed E-state index contributed by atoms with van der Waals surface area (Å²) in [5.41, 5.74) is 4.94. The highest BCUT2D eigenvalue weighted by Gasteiger charge is 2.40. The van der Waals surface area contributed by atoms with E-state index in [1.807, 2.05) is 57.4 Å². The van der Waals surface area contributed by atoms with Crippen LogP contribution >= 0.6 is 0 Å². The molecule has 1 aromatic carbocycles. The molecule has 1 atom stereocenters. The van der Waals surface area contributed by atoms with Crippen molar-refractivity contribution in [3.8, 4) is 5.75 Å². The molecule has 7 nitrogen and oxygen atoms in total. The van der Waals surface area contributed by atoms with Gasteiger partial charge >= 0.3 is 0 Å². The first kappa shape index (κ1) is 24.8. The van der Waals surface area contributed by atoms with Gasteiger partial charge in [-0.25, -0.2) is 5.01 Å². The van der Waals surface area contributed by atoms with Crippen LogP contribution in [0.1, 0.15) is 57.9 Å². The Morgan fingerprint density at radius 2 is 2.00 bits per heavy atom. The lowest BCUT2D eigenvalue weighted by Gasteiger charge is -2.33. The standard InChI is InChI=1S/C28H36N4O3/c1-5-8-26(20(2)30(3)18-22-9-6-7-10-27(22)35-4)28(34)32(24-13-14-24)25-12-11-23-15-21(16-25)17-31(19-33)29-23/h5-10,17,19,24-25H,11-16,18H2,1-4H3/b8-5+,26-20+. The summed E-state index contributed by atoms with van der Waals surface area (Å²) in [5.74, 6) is 0.932. The number of hydrogen-bond acceptors (Lipinski definition) is 5. The van der Waals surface area contributed by atoms with Crippen LogP contribution in [0.2, 0.25) is 0 Å². The van der Waals surface area contributed by atoms with E-state index in [0.717, 1.165) is 73.2 Å². The van der Waals surface area contributed by atoms with Crippen molar-refractivity contribution < 1.29 is 14.3 Å². The zero-order valence-electron chi connectivity index (χ0n) is 21.2. The van der Waals surface area contributed by atoms with E-state index in [1.165, 1.54) is 10.6 Å². The largest absolute Gasteiger partial charge is 0.496 e. The van der Waals surface area contributed by atoms with E-state index in [9.17, 15) is 9.59 Å². The molecule has 0 saturated heterocycles. The Bertz CT molecular complexity index is 1080. The van der Waals surface area contributed by atoms with Gasteiger partial charge in [0, 0.05) is 55.3 Å². The minimum absolute atomic E-state index is 0.0891. The van der Waals surface area contributed by atoms with Gasteiger partial charge in [0.2, 0.25) is 6.41 Å². The fourth-order valence-electron chi connectivity index (χ4n) is 5.06. The predicted octanol–water partition coefficient (Wildman–Crippen LogP) is 4.62. The fraction of sp³-hybridized carbons (Fsp3) is 0.464. The van der Waals surface area contributed by atoms with Crippen molar-refractivity contribution in [2.45, 2.75) is 71.0 Å². The molecule has 7 heteroatoms. The predicted molar refractivity (Wildman–Crippen MR) is 138 cm³/mol. The molecule has 1 unspecified atom stereocenters. The molecular weight excluding hydrogens is 440 g/mol. The Kier molecular flexibility index (Phi) is 7.73. The van der Waals surface area contributed by atoms with Gasteiger partial charge in [-0.05, 0) is 57.6 Å². The van der Waals surface area contributed by atoms with Crippen molar-refractivity contribution in [1.29, 1.82) is 0 Å². The molecule has 0 radical (unpaired) electrons. The van der Waals surface area contributed by atoms with Gasteiger partial charge in [0.1, 0.15) is 5.75 Å². The van der Waals surface area contributed by atoms with Crippen molar-refractivity contribution in [1.82, 2.24) is 14.8 Å². The first-order valence-corrected chi connectivity index (χ1v) is 12.4. The lowest BCUT2D eigenvalue weighted by atomic mass is 10.0. The van der Waals surface area contributed by atoms with Crippen LogP contribution in [-0.2, 0) is 16.1 Å². The summed E-state index contributed by atoms with van der Waals surface area (Å²) in [6.45, 7) is 4.62. The Labute approximate surface area is 208 Å². The molecule has 0 spiro atoms. The first-order valence-electron chi connectivity index (χ1n) is 12.4. The highest BCUT2D eigenvalue weighted by atomic mass is 16.5. The molecule has 1 aliphatic heterocycles. The molecular formula is C28H36N4O3. The van der Waals surface area contributed by atoms with Crippen LogP contribution in [0.4, 0.5) is 0 Å². The Morgan fingerprint density at radius 1 is 1.23 bits per heavy atom. The third-order valence-electron chi connectivity index (χ3n) is 7.07. The number of fused-ring (bicyclic) bond motifs is 2. The van der Waals surface area contributed by atoms with Crippen LogP contribution in [0.25, 0.3) is 0 Å². The number of hydrazone groups is 1. The van der Waals surface area contributed by atoms with Crippen molar-refractivity contribution in [3.05, 3.63) is 65.0 Å². The van der Waals surface area contributed by atoms with Crippen LogP contribution in [-0.4, -0.2) is 59.1 Å². The zero-order valence-corrected chi connectivity index (χ0v) is 21.2. The number of allylic oxidation sites excluding steroid dienone is 2. The number of para-hydroxylation sites is 1. The lowest BCUT2D eigenvalue weighted by molar-refractivity contribution is -0.130. The second-order valence-electron chi connectivity index (χ2n) is 9.62. The van der Waals surface area contributed by atoms with Crippen LogP contribution in [0.5, 0.6) is 5.75 Å². The molecule has 2 saturated carbocycles. The van der Waals surface area contributed by atoms with E-state index in [0.29, 0.717) is 6.54 Å². The summed E-state index contributed by atoms with van der Waals surface area (Å²) >= 11 is 0. The number of ether oxygens (including phenoxy) is 1. The molecule has 2 bridgehead atoms. The summed E-state index contributed by atoms with van der Waals surface area (Å²) in [6.07, 6.45) is 11.8. The maximum absolute atomic E-state index is 14.1. The van der Waals surface area contributed by atoms with Gasteiger partial charge in [-0.3, -0.25) is 9.59 Å². The Morgan fingerprint density at radius 3 is 2.69 bits per heavy atom. The number of rotatable bonds is 9. The van der Waals surface area contributed by atoms with Gasteiger partial charge in [-0.1, -0.05) is 30.4 Å². The Hall–Kier alpha value is -3.35. The molecule has 2 amide bonds. The number of benzene rings is 1. The highest BCUT2D eigenvalue weighted by molar-refractivity contribution is 5.97. The van der Waals surface area contributed by atoms with E-state index in [4.69, 9.17) is 4.74 Å². The van der Waals surface area contributed by atoms with Crippen LogP contribution < -0.4 is 4.74 Å². The fourth-order valence-corrected chi connectivity index (χ4v) is 5.06. The van der Waals surface area contributed by atoms with Gasteiger partial charge in [-0.15, -0.1) is 0 Å². The quantitative estimate of drug-likeness (QED) is 0.296. The number of carbonyl (C=O) groups excluding carboxylic acids is 2. The van der Waals surface area contributed by atoms with Crippen LogP contribution in [0, 0.1) is 0 Å². The average molecular weight is 477 g/mol. The molecule has 4 rings (SSSR count). The highest BCUT2D eigenvalue weighted by Crippen LogP contribution is 2.37. The number of hydrogen-bond donors (Lipinski definition) is 0. The Balaban J connectivity index is 1.60. The minimum Gasteiger partial charge on any atom is -0.496 e. The van der Waals surface area contributed by atoms with E-state index in [2.05, 4.69) is 21.0 Å². The molecule has 1 heterocycles. The van der Waals surface area contributed by atoms with Crippen molar-refractivity contribution in [3.63, 3.8) is 0 Å². The summed E-state index contributed by atoms with van der Waals surface area (Å²) in [5, 5.41) is 5.79. The second kappa shape index (κ2) is 10.9. The first-order chi connectivity index (χ1) is 16.9. The molecule has 35 heavy (non-hydrogen) atoms. The van der Waals surface area contributed by atoms with E-state index < -0.39 is 0 Å². The summed E-state index contributed by atoms with van der Waals surface area (Å²) < 4.78 is 5.53. The van der Waals surface area contributed by atoms with E-state index >= 15 is 0 Å². The molecule has 2 fully saturated rings. The molecule has 1 aromatic rings. The van der Waals surface area contributed by atoms with E-state index in [1.54, 1.807) is 7.11 Å². The zero-order chi connectivity index (χ0) is 24.9. The lowest BCUT2D eigenvalue weighted by Crippen LogP contribution is -2.43. The maximum Gasteiger partial charge on any atom is 0.256 e. The third-order valence-corrected chi connectivity index (χ3v) is 7.07. The molecule has 186 valence electrons. The number of carbonyl (C=O) groups is 2.